The summed E-state index contributed by atoms with van der Waals surface area (Å²) in [5, 5.41) is 0. The van der Waals surface area contributed by atoms with E-state index < -0.39 is 0 Å². The van der Waals surface area contributed by atoms with Gasteiger partial charge < -0.3 is 9.64 Å². The number of likely N-dealkylation sites (tertiary alicyclic amines) is 1. The Bertz CT molecular complexity index is 200. The Hall–Kier alpha value is -0.0800. The van der Waals surface area contributed by atoms with E-state index in [9.17, 15) is 0 Å². The summed E-state index contributed by atoms with van der Waals surface area (Å²) in [4.78, 5) is 2.52. The fraction of sp³-hybridized carbons (Fsp3) is 1.00. The van der Waals surface area contributed by atoms with E-state index in [1.54, 1.807) is 0 Å². The zero-order chi connectivity index (χ0) is 8.18. The number of fused-ring (bicyclic) bond motifs is 2. The van der Waals surface area contributed by atoms with Gasteiger partial charge in [0.15, 0.2) is 0 Å². The molecule has 1 aliphatic carbocycles. The van der Waals surface area contributed by atoms with Crippen molar-refractivity contribution < 1.29 is 4.74 Å². The van der Waals surface area contributed by atoms with Crippen molar-refractivity contribution in [1.29, 1.82) is 0 Å². The number of likely N-dealkylation sites (N-methyl/N-ethyl adjacent to an activating group) is 1. The van der Waals surface area contributed by atoms with Crippen LogP contribution in [0.5, 0.6) is 0 Å². The first-order valence-electron chi connectivity index (χ1n) is 5.10. The highest BCUT2D eigenvalue weighted by Crippen LogP contribution is 2.55. The van der Waals surface area contributed by atoms with E-state index in [4.69, 9.17) is 4.74 Å². The largest absolute Gasteiger partial charge is 0.379 e. The Kier molecular flexibility index (Phi) is 1.37. The summed E-state index contributed by atoms with van der Waals surface area (Å²) in [6.07, 6.45) is 4.38. The summed E-state index contributed by atoms with van der Waals surface area (Å²) in [6.45, 7) is 3.36. The zero-order valence-corrected chi connectivity index (χ0v) is 7.75. The first-order valence-corrected chi connectivity index (χ1v) is 5.10. The standard InChI is InChI=1S/C10H17NO/c1-11-7-10(3-2-4-10)8-5-12-6-9(8)11/h8-9H,2-7H2,1H3. The molecule has 0 amide bonds. The average Bonchev–Trinajstić information content (AvgIpc) is 2.49. The molecule has 0 N–H and O–H groups in total. The van der Waals surface area contributed by atoms with E-state index in [1.165, 1.54) is 25.8 Å². The molecule has 68 valence electrons. The fourth-order valence-electron chi connectivity index (χ4n) is 3.45. The van der Waals surface area contributed by atoms with Crippen LogP contribution in [0.25, 0.3) is 0 Å². The molecule has 3 aliphatic rings. The normalized spacial score (nSPS) is 44.8. The van der Waals surface area contributed by atoms with Gasteiger partial charge >= 0.3 is 0 Å². The number of hydrogen-bond acceptors (Lipinski definition) is 2. The minimum atomic E-state index is 0.690. The van der Waals surface area contributed by atoms with E-state index in [0.717, 1.165) is 25.2 Å². The molecule has 3 fully saturated rings. The van der Waals surface area contributed by atoms with Gasteiger partial charge in [-0.05, 0) is 25.3 Å². The van der Waals surface area contributed by atoms with Crippen LogP contribution >= 0.6 is 0 Å². The second kappa shape index (κ2) is 2.24. The molecule has 1 saturated carbocycles. The predicted molar refractivity (Wildman–Crippen MR) is 47.0 cm³/mol. The van der Waals surface area contributed by atoms with Crippen LogP contribution in [0.1, 0.15) is 19.3 Å². The highest BCUT2D eigenvalue weighted by molar-refractivity contribution is 5.07. The van der Waals surface area contributed by atoms with Crippen molar-refractivity contribution in [2.45, 2.75) is 25.3 Å². The van der Waals surface area contributed by atoms with Gasteiger partial charge in [0.2, 0.25) is 0 Å². The quantitative estimate of drug-likeness (QED) is 0.536. The zero-order valence-electron chi connectivity index (χ0n) is 7.75. The Morgan fingerprint density at radius 2 is 2.17 bits per heavy atom. The average molecular weight is 167 g/mol. The van der Waals surface area contributed by atoms with Crippen LogP contribution in [0.4, 0.5) is 0 Å². The maximum absolute atomic E-state index is 5.57. The molecule has 2 aliphatic heterocycles. The third-order valence-electron chi connectivity index (χ3n) is 4.32. The first kappa shape index (κ1) is 7.34. The lowest BCUT2D eigenvalue weighted by molar-refractivity contribution is 0.0553. The van der Waals surface area contributed by atoms with Crippen LogP contribution in [0.2, 0.25) is 0 Å². The molecule has 0 bridgehead atoms. The summed E-state index contributed by atoms with van der Waals surface area (Å²) in [5.74, 6) is 0.872. The van der Waals surface area contributed by atoms with Crippen molar-refractivity contribution in [3.63, 3.8) is 0 Å². The molecular weight excluding hydrogens is 150 g/mol. The second-order valence-corrected chi connectivity index (χ2v) is 4.84. The summed E-state index contributed by atoms with van der Waals surface area (Å²) >= 11 is 0. The number of rotatable bonds is 0. The molecule has 0 aromatic rings. The van der Waals surface area contributed by atoms with Gasteiger partial charge in [0, 0.05) is 18.5 Å². The van der Waals surface area contributed by atoms with E-state index in [2.05, 4.69) is 11.9 Å². The number of ether oxygens (including phenoxy) is 1. The van der Waals surface area contributed by atoms with Crippen LogP contribution in [-0.4, -0.2) is 37.7 Å². The molecule has 2 nitrogen and oxygen atoms in total. The number of hydrogen-bond donors (Lipinski definition) is 0. The van der Waals surface area contributed by atoms with Crippen LogP contribution < -0.4 is 0 Å². The molecule has 2 heteroatoms. The van der Waals surface area contributed by atoms with E-state index in [0.29, 0.717) is 5.41 Å². The molecule has 0 aromatic heterocycles. The van der Waals surface area contributed by atoms with Gasteiger partial charge in [-0.15, -0.1) is 0 Å². The third kappa shape index (κ3) is 0.728. The third-order valence-corrected chi connectivity index (χ3v) is 4.32. The van der Waals surface area contributed by atoms with Gasteiger partial charge in [-0.3, -0.25) is 0 Å². The van der Waals surface area contributed by atoms with Gasteiger partial charge in [-0.2, -0.15) is 0 Å². The maximum atomic E-state index is 5.57. The molecule has 0 radical (unpaired) electrons. The van der Waals surface area contributed by atoms with E-state index in [-0.39, 0.29) is 0 Å². The Balaban J connectivity index is 1.88. The smallest absolute Gasteiger partial charge is 0.0625 e. The van der Waals surface area contributed by atoms with E-state index >= 15 is 0 Å². The Morgan fingerprint density at radius 3 is 2.83 bits per heavy atom. The van der Waals surface area contributed by atoms with Gasteiger partial charge in [-0.1, -0.05) is 6.42 Å². The van der Waals surface area contributed by atoms with Crippen molar-refractivity contribution in [3.8, 4) is 0 Å². The molecule has 2 unspecified atom stereocenters. The van der Waals surface area contributed by atoms with Crippen LogP contribution in [0, 0.1) is 11.3 Å². The lowest BCUT2D eigenvalue weighted by Gasteiger charge is -2.42. The molecule has 2 atom stereocenters. The summed E-state index contributed by atoms with van der Waals surface area (Å²) < 4.78 is 5.57. The summed E-state index contributed by atoms with van der Waals surface area (Å²) in [6, 6.07) is 0.755. The van der Waals surface area contributed by atoms with E-state index in [1.807, 2.05) is 0 Å². The molecular formula is C10H17NO. The lowest BCUT2D eigenvalue weighted by atomic mass is 9.62. The highest BCUT2D eigenvalue weighted by Gasteiger charge is 2.56. The molecule has 2 saturated heterocycles. The minimum Gasteiger partial charge on any atom is -0.379 e. The molecule has 1 spiro atoms. The van der Waals surface area contributed by atoms with Gasteiger partial charge in [0.25, 0.3) is 0 Å². The van der Waals surface area contributed by atoms with Gasteiger partial charge in [0.1, 0.15) is 0 Å². The van der Waals surface area contributed by atoms with Crippen molar-refractivity contribution in [1.82, 2.24) is 4.90 Å². The Labute approximate surface area is 73.9 Å². The van der Waals surface area contributed by atoms with Crippen LogP contribution in [0.15, 0.2) is 0 Å². The van der Waals surface area contributed by atoms with Crippen molar-refractivity contribution in [3.05, 3.63) is 0 Å². The Morgan fingerprint density at radius 1 is 1.33 bits per heavy atom. The maximum Gasteiger partial charge on any atom is 0.0625 e. The second-order valence-electron chi connectivity index (χ2n) is 4.84. The summed E-state index contributed by atoms with van der Waals surface area (Å²) in [7, 11) is 2.26. The SMILES string of the molecule is CN1CC2(CCC2)C2COCC21. The topological polar surface area (TPSA) is 12.5 Å². The minimum absolute atomic E-state index is 0.690. The molecule has 12 heavy (non-hydrogen) atoms. The number of nitrogens with zero attached hydrogens (tertiary/aromatic N) is 1. The van der Waals surface area contributed by atoms with Crippen molar-refractivity contribution in [2.24, 2.45) is 11.3 Å². The molecule has 0 aromatic carbocycles. The monoisotopic (exact) mass is 167 g/mol. The van der Waals surface area contributed by atoms with Gasteiger partial charge in [0.05, 0.1) is 13.2 Å². The first-order chi connectivity index (χ1) is 5.82. The van der Waals surface area contributed by atoms with Gasteiger partial charge in [-0.25, -0.2) is 0 Å². The van der Waals surface area contributed by atoms with Crippen molar-refractivity contribution >= 4 is 0 Å². The molecule has 3 rings (SSSR count). The summed E-state index contributed by atoms with van der Waals surface area (Å²) in [5.41, 5.74) is 0.690. The highest BCUT2D eigenvalue weighted by atomic mass is 16.5. The molecule has 2 heterocycles. The lowest BCUT2D eigenvalue weighted by Crippen LogP contribution is -2.38. The van der Waals surface area contributed by atoms with Crippen LogP contribution in [-0.2, 0) is 4.74 Å². The van der Waals surface area contributed by atoms with Crippen molar-refractivity contribution in [2.75, 3.05) is 26.8 Å². The van der Waals surface area contributed by atoms with Crippen LogP contribution in [0.3, 0.4) is 0 Å². The fourth-order valence-corrected chi connectivity index (χ4v) is 3.45. The predicted octanol–water partition coefficient (Wildman–Crippen LogP) is 1.12.